The first kappa shape index (κ1) is 20.8. The molecule has 2 aliphatic heterocycles. The lowest BCUT2D eigenvalue weighted by Crippen LogP contribution is -2.48. The van der Waals surface area contributed by atoms with Gasteiger partial charge in [0.15, 0.2) is 0 Å². The first-order chi connectivity index (χ1) is 14.5. The molecule has 5 nitrogen and oxygen atoms in total. The van der Waals surface area contributed by atoms with Crippen LogP contribution in [0.5, 0.6) is 5.75 Å². The Bertz CT molecular complexity index is 871. The normalized spacial score (nSPS) is 23.9. The highest BCUT2D eigenvalue weighted by atomic mass is 19.1. The fourth-order valence-corrected chi connectivity index (χ4v) is 4.16. The third kappa shape index (κ3) is 4.82. The number of benzene rings is 2. The van der Waals surface area contributed by atoms with E-state index in [0.717, 1.165) is 26.1 Å². The number of carbonyl (C=O) groups is 1. The number of morpholine rings is 1. The van der Waals surface area contributed by atoms with Gasteiger partial charge < -0.3 is 14.8 Å². The molecule has 2 saturated heterocycles. The Kier molecular flexibility index (Phi) is 6.35. The number of carbonyl (C=O) groups excluding carboxylic acids is 1. The second-order valence-electron chi connectivity index (χ2n) is 8.53. The maximum atomic E-state index is 13.7. The molecule has 160 valence electrons. The molecule has 0 radical (unpaired) electrons. The molecule has 30 heavy (non-hydrogen) atoms. The maximum absolute atomic E-state index is 13.7. The number of ether oxygens (including phenoxy) is 2. The summed E-state index contributed by atoms with van der Waals surface area (Å²) in [5.74, 6) is 0.733. The number of fused-ring (bicyclic) bond motifs is 1. The van der Waals surface area contributed by atoms with Gasteiger partial charge in [-0.15, -0.1) is 0 Å². The summed E-state index contributed by atoms with van der Waals surface area (Å²) in [5.41, 5.74) is 1.09. The first-order valence-corrected chi connectivity index (χ1v) is 10.6. The van der Waals surface area contributed by atoms with E-state index in [1.54, 1.807) is 42.5 Å². The van der Waals surface area contributed by atoms with Crippen LogP contribution in [0.1, 0.15) is 36.2 Å². The molecule has 0 aromatic heterocycles. The maximum Gasteiger partial charge on any atom is 0.251 e. The van der Waals surface area contributed by atoms with Gasteiger partial charge in [0.2, 0.25) is 0 Å². The number of hydrogen-bond donors (Lipinski definition) is 1. The number of halogens is 1. The van der Waals surface area contributed by atoms with E-state index in [2.05, 4.69) is 24.1 Å². The first-order valence-electron chi connectivity index (χ1n) is 10.6. The minimum absolute atomic E-state index is 0.0816. The Labute approximate surface area is 177 Å². The summed E-state index contributed by atoms with van der Waals surface area (Å²) in [6.45, 7) is 7.06. The van der Waals surface area contributed by atoms with Gasteiger partial charge in [0.05, 0.1) is 12.7 Å². The molecule has 0 unspecified atom stereocenters. The molecule has 0 saturated carbocycles. The van der Waals surface area contributed by atoms with Crippen molar-refractivity contribution in [1.82, 2.24) is 10.2 Å². The van der Waals surface area contributed by atoms with Crippen molar-refractivity contribution in [1.29, 1.82) is 0 Å². The molecule has 4 rings (SSSR count). The number of nitrogens with zero attached hydrogens (tertiary/aromatic N) is 1. The van der Waals surface area contributed by atoms with Crippen LogP contribution in [0.15, 0.2) is 48.5 Å². The topological polar surface area (TPSA) is 50.8 Å². The molecule has 0 bridgehead atoms. The third-order valence-electron chi connectivity index (χ3n) is 5.99. The van der Waals surface area contributed by atoms with E-state index < -0.39 is 0 Å². The lowest BCUT2D eigenvalue weighted by atomic mass is 10.0. The number of hydrogen-bond acceptors (Lipinski definition) is 4. The Morgan fingerprint density at radius 2 is 1.97 bits per heavy atom. The third-order valence-corrected chi connectivity index (χ3v) is 5.99. The molecule has 1 amide bonds. The summed E-state index contributed by atoms with van der Waals surface area (Å²) >= 11 is 0. The minimum Gasteiger partial charge on any atom is -0.489 e. The van der Waals surface area contributed by atoms with Gasteiger partial charge in [-0.1, -0.05) is 32.0 Å². The van der Waals surface area contributed by atoms with Gasteiger partial charge in [-0.2, -0.15) is 0 Å². The molecule has 3 atom stereocenters. The summed E-state index contributed by atoms with van der Waals surface area (Å²) in [7, 11) is 0. The summed E-state index contributed by atoms with van der Waals surface area (Å²) in [6.07, 6.45) is 1.19. The molecule has 2 aliphatic rings. The summed E-state index contributed by atoms with van der Waals surface area (Å²) in [4.78, 5) is 15.1. The zero-order valence-electron chi connectivity index (χ0n) is 17.5. The van der Waals surface area contributed by atoms with E-state index in [4.69, 9.17) is 9.47 Å². The average molecular weight is 413 g/mol. The predicted octanol–water partition coefficient (Wildman–Crippen LogP) is 3.63. The summed E-state index contributed by atoms with van der Waals surface area (Å²) < 4.78 is 25.3. The van der Waals surface area contributed by atoms with Crippen molar-refractivity contribution in [3.05, 3.63) is 65.5 Å². The number of amides is 1. The van der Waals surface area contributed by atoms with Crippen molar-refractivity contribution in [3.63, 3.8) is 0 Å². The molecule has 0 aliphatic carbocycles. The van der Waals surface area contributed by atoms with Crippen LogP contribution in [0.25, 0.3) is 0 Å². The molecule has 2 fully saturated rings. The van der Waals surface area contributed by atoms with Crippen molar-refractivity contribution in [2.24, 2.45) is 5.92 Å². The van der Waals surface area contributed by atoms with Crippen LogP contribution in [0.3, 0.4) is 0 Å². The minimum atomic E-state index is -0.286. The number of rotatable bonds is 6. The monoisotopic (exact) mass is 412 g/mol. The van der Waals surface area contributed by atoms with E-state index in [0.29, 0.717) is 28.8 Å². The lowest BCUT2D eigenvalue weighted by molar-refractivity contribution is -0.0683. The van der Waals surface area contributed by atoms with Gasteiger partial charge in [-0.05, 0) is 42.7 Å². The second-order valence-corrected chi connectivity index (χ2v) is 8.53. The molecule has 1 N–H and O–H groups in total. The zero-order chi connectivity index (χ0) is 21.1. The quantitative estimate of drug-likeness (QED) is 0.787. The fourth-order valence-electron chi connectivity index (χ4n) is 4.16. The van der Waals surface area contributed by atoms with Crippen molar-refractivity contribution < 1.29 is 18.7 Å². The highest BCUT2D eigenvalue weighted by molar-refractivity contribution is 5.94. The van der Waals surface area contributed by atoms with E-state index in [1.165, 1.54) is 6.07 Å². The Morgan fingerprint density at radius 1 is 1.20 bits per heavy atom. The van der Waals surface area contributed by atoms with Crippen LogP contribution in [0.2, 0.25) is 0 Å². The molecular weight excluding hydrogens is 383 g/mol. The standard InChI is InChI=1S/C24H29FN2O3/c1-16(2)23-13-27-12-19(11-20(27)15-30-23)26-24(28)17-7-9-21(10-8-17)29-14-18-5-3-4-6-22(18)25/h3-10,16,19-20,23H,11-15H2,1-2H3,(H,26,28)/t19-,20-,23+/m0/s1. The average Bonchev–Trinajstić information content (AvgIpc) is 3.15. The van der Waals surface area contributed by atoms with Crippen LogP contribution in [0.4, 0.5) is 4.39 Å². The molecule has 2 heterocycles. The van der Waals surface area contributed by atoms with Crippen molar-refractivity contribution in [2.45, 2.75) is 45.1 Å². The van der Waals surface area contributed by atoms with Crippen molar-refractivity contribution in [3.8, 4) is 5.75 Å². The highest BCUT2D eigenvalue weighted by Gasteiger charge is 2.38. The van der Waals surface area contributed by atoms with Crippen molar-refractivity contribution in [2.75, 3.05) is 19.7 Å². The molecular formula is C24H29FN2O3. The van der Waals surface area contributed by atoms with E-state index >= 15 is 0 Å². The summed E-state index contributed by atoms with van der Waals surface area (Å²) in [6, 6.07) is 14.0. The van der Waals surface area contributed by atoms with E-state index in [1.807, 2.05) is 0 Å². The Hall–Kier alpha value is -2.44. The van der Waals surface area contributed by atoms with E-state index in [-0.39, 0.29) is 30.5 Å². The van der Waals surface area contributed by atoms with Crippen LogP contribution in [-0.2, 0) is 11.3 Å². The van der Waals surface area contributed by atoms with Gasteiger partial charge in [0.25, 0.3) is 5.91 Å². The predicted molar refractivity (Wildman–Crippen MR) is 113 cm³/mol. The van der Waals surface area contributed by atoms with Crippen molar-refractivity contribution >= 4 is 5.91 Å². The zero-order valence-corrected chi connectivity index (χ0v) is 17.5. The van der Waals surface area contributed by atoms with Gasteiger partial charge in [-0.3, -0.25) is 9.69 Å². The molecule has 6 heteroatoms. The van der Waals surface area contributed by atoms with Crippen LogP contribution >= 0.6 is 0 Å². The lowest BCUT2D eigenvalue weighted by Gasteiger charge is -2.36. The summed E-state index contributed by atoms with van der Waals surface area (Å²) in [5, 5.41) is 3.15. The van der Waals surface area contributed by atoms with Gasteiger partial charge >= 0.3 is 0 Å². The largest absolute Gasteiger partial charge is 0.489 e. The van der Waals surface area contributed by atoms with E-state index in [9.17, 15) is 9.18 Å². The van der Waals surface area contributed by atoms with Crippen LogP contribution in [0, 0.1) is 11.7 Å². The SMILES string of the molecule is CC(C)[C@H]1CN2C[C@@H](NC(=O)c3ccc(OCc4ccccc4F)cc3)C[C@H]2CO1. The molecule has 2 aromatic carbocycles. The molecule has 2 aromatic rings. The van der Waals surface area contributed by atoms with Gasteiger partial charge in [-0.25, -0.2) is 4.39 Å². The number of nitrogens with one attached hydrogen (secondary N) is 1. The molecule has 0 spiro atoms. The Morgan fingerprint density at radius 3 is 2.70 bits per heavy atom. The van der Waals surface area contributed by atoms with Crippen LogP contribution < -0.4 is 10.1 Å². The second kappa shape index (κ2) is 9.14. The highest BCUT2D eigenvalue weighted by Crippen LogP contribution is 2.26. The van der Waals surface area contributed by atoms with Gasteiger partial charge in [0, 0.05) is 36.3 Å². The smallest absolute Gasteiger partial charge is 0.251 e. The van der Waals surface area contributed by atoms with Gasteiger partial charge in [0.1, 0.15) is 18.2 Å². The Balaban J connectivity index is 1.29. The van der Waals surface area contributed by atoms with Crippen LogP contribution in [-0.4, -0.2) is 48.7 Å². The fraction of sp³-hybridized carbons (Fsp3) is 0.458.